The lowest BCUT2D eigenvalue weighted by molar-refractivity contribution is -0.184. The second-order valence-electron chi connectivity index (χ2n) is 5.38. The molecule has 1 aliphatic rings. The molecule has 0 aromatic heterocycles. The Balaban J connectivity index is 1.88. The number of hydrogen-bond donors (Lipinski definition) is 0. The van der Waals surface area contributed by atoms with E-state index < -0.39 is 12.1 Å². The lowest BCUT2D eigenvalue weighted by atomic mass is 9.96. The summed E-state index contributed by atoms with van der Waals surface area (Å²) in [7, 11) is 0. The molecule has 2 rings (SSSR count). The van der Waals surface area contributed by atoms with Crippen molar-refractivity contribution in [1.82, 2.24) is 4.90 Å². The van der Waals surface area contributed by atoms with Crippen LogP contribution in [0.1, 0.15) is 28.8 Å². The van der Waals surface area contributed by atoms with Gasteiger partial charge in [-0.15, -0.1) is 0 Å². The average Bonchev–Trinajstić information content (AvgIpc) is 2.38. The quantitative estimate of drug-likeness (QED) is 0.793. The van der Waals surface area contributed by atoms with E-state index >= 15 is 0 Å². The third-order valence-corrected chi connectivity index (χ3v) is 3.76. The maximum Gasteiger partial charge on any atom is 0.391 e. The predicted octanol–water partition coefficient (Wildman–Crippen LogP) is 3.45. The van der Waals surface area contributed by atoms with Crippen LogP contribution in [-0.2, 0) is 0 Å². The second-order valence-corrected chi connectivity index (χ2v) is 5.38. The van der Waals surface area contributed by atoms with Crippen LogP contribution in [0.4, 0.5) is 13.2 Å². The molecular weight excluding hydrogens is 267 g/mol. The van der Waals surface area contributed by atoms with Gasteiger partial charge in [-0.3, -0.25) is 9.69 Å². The molecule has 0 N–H and O–H groups in total. The summed E-state index contributed by atoms with van der Waals surface area (Å²) in [5.74, 6) is -1.24. The summed E-state index contributed by atoms with van der Waals surface area (Å²) in [6.45, 7) is 2.78. The van der Waals surface area contributed by atoms with Crippen LogP contribution < -0.4 is 0 Å². The van der Waals surface area contributed by atoms with Crippen LogP contribution >= 0.6 is 0 Å². The molecule has 1 aromatic carbocycles. The van der Waals surface area contributed by atoms with Crippen molar-refractivity contribution in [3.63, 3.8) is 0 Å². The Labute approximate surface area is 116 Å². The van der Waals surface area contributed by atoms with E-state index in [1.165, 1.54) is 0 Å². The molecule has 110 valence electrons. The van der Waals surface area contributed by atoms with Crippen molar-refractivity contribution in [3.05, 3.63) is 35.4 Å². The fourth-order valence-corrected chi connectivity index (χ4v) is 2.53. The number of aryl methyl sites for hydroxylation is 1. The number of rotatable bonds is 3. The Morgan fingerprint density at radius 2 is 1.95 bits per heavy atom. The smallest absolute Gasteiger partial charge is 0.296 e. The van der Waals surface area contributed by atoms with Crippen LogP contribution in [0.2, 0.25) is 0 Å². The van der Waals surface area contributed by atoms with E-state index in [0.717, 1.165) is 5.56 Å². The molecule has 0 amide bonds. The van der Waals surface area contributed by atoms with Gasteiger partial charge < -0.3 is 0 Å². The molecule has 20 heavy (non-hydrogen) atoms. The molecule has 0 unspecified atom stereocenters. The average molecular weight is 285 g/mol. The molecule has 1 saturated heterocycles. The van der Waals surface area contributed by atoms with Crippen molar-refractivity contribution in [3.8, 4) is 0 Å². The maximum atomic E-state index is 12.6. The number of hydrogen-bond acceptors (Lipinski definition) is 2. The van der Waals surface area contributed by atoms with Crippen molar-refractivity contribution in [2.45, 2.75) is 25.9 Å². The summed E-state index contributed by atoms with van der Waals surface area (Å²) in [6.07, 6.45) is -3.93. The first kappa shape index (κ1) is 15.0. The summed E-state index contributed by atoms with van der Waals surface area (Å²) in [6, 6.07) is 7.28. The minimum Gasteiger partial charge on any atom is -0.296 e. The van der Waals surface area contributed by atoms with Crippen LogP contribution in [0.25, 0.3) is 0 Å². The summed E-state index contributed by atoms with van der Waals surface area (Å²) in [5, 5.41) is 0. The number of Topliss-reactive ketones (excluding diaryl/α,β-unsaturated/α-hetero) is 1. The lowest BCUT2D eigenvalue weighted by Crippen LogP contribution is -2.41. The number of benzene rings is 1. The molecule has 0 radical (unpaired) electrons. The number of alkyl halides is 3. The summed E-state index contributed by atoms with van der Waals surface area (Å²) >= 11 is 0. The maximum absolute atomic E-state index is 12.6. The van der Waals surface area contributed by atoms with Gasteiger partial charge in [-0.05, 0) is 38.9 Å². The van der Waals surface area contributed by atoms with Crippen LogP contribution in [0.5, 0.6) is 0 Å². The van der Waals surface area contributed by atoms with Gasteiger partial charge in [-0.2, -0.15) is 13.2 Å². The van der Waals surface area contributed by atoms with Gasteiger partial charge in [0.05, 0.1) is 12.5 Å². The molecule has 2 nitrogen and oxygen atoms in total. The van der Waals surface area contributed by atoms with Crippen LogP contribution in [0.3, 0.4) is 0 Å². The van der Waals surface area contributed by atoms with Crippen LogP contribution in [0, 0.1) is 12.8 Å². The second kappa shape index (κ2) is 5.95. The number of ketones is 1. The molecule has 5 heteroatoms. The van der Waals surface area contributed by atoms with Gasteiger partial charge in [0.25, 0.3) is 0 Å². The van der Waals surface area contributed by atoms with Gasteiger partial charge >= 0.3 is 6.18 Å². The highest BCUT2D eigenvalue weighted by molar-refractivity contribution is 5.97. The Kier molecular flexibility index (Phi) is 4.48. The first-order valence-electron chi connectivity index (χ1n) is 6.75. The minimum absolute atomic E-state index is 0.0286. The Hall–Kier alpha value is -1.36. The van der Waals surface area contributed by atoms with E-state index in [1.807, 2.05) is 30.0 Å². The Morgan fingerprint density at radius 1 is 1.30 bits per heavy atom. The summed E-state index contributed by atoms with van der Waals surface area (Å²) < 4.78 is 37.7. The van der Waals surface area contributed by atoms with Gasteiger partial charge in [-0.1, -0.05) is 23.8 Å². The van der Waals surface area contributed by atoms with Gasteiger partial charge in [0.1, 0.15) is 0 Å². The molecule has 1 aliphatic heterocycles. The van der Waals surface area contributed by atoms with Crippen molar-refractivity contribution < 1.29 is 18.0 Å². The highest BCUT2D eigenvalue weighted by Crippen LogP contribution is 2.34. The van der Waals surface area contributed by atoms with E-state index in [9.17, 15) is 18.0 Å². The highest BCUT2D eigenvalue weighted by Gasteiger charge is 2.41. The Bertz CT molecular complexity index is 476. The third-order valence-electron chi connectivity index (χ3n) is 3.76. The summed E-state index contributed by atoms with van der Waals surface area (Å²) in [4.78, 5) is 13.9. The number of likely N-dealkylation sites (tertiary alicyclic amines) is 1. The highest BCUT2D eigenvalue weighted by atomic mass is 19.4. The van der Waals surface area contributed by atoms with E-state index in [-0.39, 0.29) is 25.2 Å². The van der Waals surface area contributed by atoms with Crippen LogP contribution in [-0.4, -0.2) is 36.5 Å². The number of halogens is 3. The standard InChI is InChI=1S/C15H18F3NO/c1-11-3-2-4-12(9-11)14(20)10-19-7-5-13(6-8-19)15(16,17)18/h2-4,9,13H,5-8,10H2,1H3. The number of piperidine rings is 1. The molecule has 0 atom stereocenters. The molecule has 0 spiro atoms. The van der Waals surface area contributed by atoms with Gasteiger partial charge in [-0.25, -0.2) is 0 Å². The number of nitrogens with zero attached hydrogens (tertiary/aromatic N) is 1. The third kappa shape index (κ3) is 3.82. The zero-order valence-corrected chi connectivity index (χ0v) is 11.4. The zero-order valence-electron chi connectivity index (χ0n) is 11.4. The number of carbonyl (C=O) groups excluding carboxylic acids is 1. The van der Waals surface area contributed by atoms with Crippen molar-refractivity contribution in [2.24, 2.45) is 5.92 Å². The largest absolute Gasteiger partial charge is 0.391 e. The topological polar surface area (TPSA) is 20.3 Å². The SMILES string of the molecule is Cc1cccc(C(=O)CN2CCC(C(F)(F)F)CC2)c1. The minimum atomic E-state index is -4.10. The molecule has 1 fully saturated rings. The Morgan fingerprint density at radius 3 is 2.50 bits per heavy atom. The van der Waals surface area contributed by atoms with E-state index in [0.29, 0.717) is 18.7 Å². The van der Waals surface area contributed by atoms with E-state index in [4.69, 9.17) is 0 Å². The monoisotopic (exact) mass is 285 g/mol. The fraction of sp³-hybridized carbons (Fsp3) is 0.533. The van der Waals surface area contributed by atoms with Crippen molar-refractivity contribution >= 4 is 5.78 Å². The molecule has 0 saturated carbocycles. The first-order valence-corrected chi connectivity index (χ1v) is 6.75. The molecule has 1 aromatic rings. The fourth-order valence-electron chi connectivity index (χ4n) is 2.53. The normalized spacial score (nSPS) is 18.2. The summed E-state index contributed by atoms with van der Waals surface area (Å²) in [5.41, 5.74) is 1.63. The van der Waals surface area contributed by atoms with E-state index in [2.05, 4.69) is 0 Å². The van der Waals surface area contributed by atoms with Crippen molar-refractivity contribution in [1.29, 1.82) is 0 Å². The molecule has 0 bridgehead atoms. The lowest BCUT2D eigenvalue weighted by Gasteiger charge is -2.32. The molecule has 0 aliphatic carbocycles. The number of carbonyl (C=O) groups is 1. The zero-order chi connectivity index (χ0) is 14.8. The van der Waals surface area contributed by atoms with Gasteiger partial charge in [0, 0.05) is 5.56 Å². The van der Waals surface area contributed by atoms with E-state index in [1.54, 1.807) is 6.07 Å². The van der Waals surface area contributed by atoms with Gasteiger partial charge in [0.2, 0.25) is 0 Å². The first-order chi connectivity index (χ1) is 9.36. The predicted molar refractivity (Wildman–Crippen MR) is 70.7 cm³/mol. The molecule has 1 heterocycles. The van der Waals surface area contributed by atoms with Crippen molar-refractivity contribution in [2.75, 3.05) is 19.6 Å². The van der Waals surface area contributed by atoms with Gasteiger partial charge in [0.15, 0.2) is 5.78 Å². The molecular formula is C15H18F3NO. The van der Waals surface area contributed by atoms with Crippen LogP contribution in [0.15, 0.2) is 24.3 Å².